The lowest BCUT2D eigenvalue weighted by atomic mass is 9.93. The van der Waals surface area contributed by atoms with E-state index in [2.05, 4.69) is 28.9 Å². The fraction of sp³-hybridized carbons (Fsp3) is 0.250. The third kappa shape index (κ3) is 2.58. The van der Waals surface area contributed by atoms with Gasteiger partial charge in [0.05, 0.1) is 5.02 Å². The second-order valence-electron chi connectivity index (χ2n) is 5.16. The molecule has 2 atom stereocenters. The summed E-state index contributed by atoms with van der Waals surface area (Å²) in [6.07, 6.45) is 0.708. The Morgan fingerprint density at radius 3 is 2.80 bits per heavy atom. The summed E-state index contributed by atoms with van der Waals surface area (Å²) >= 11 is 9.56. The standard InChI is InChI=1S/C16H15BrClNO/c1-9-2-5-15-11(6-9)14(19)8-16(20-15)10-3-4-12(17)13(18)7-10/h2-7,14,16H,8,19H2,1H3. The van der Waals surface area contributed by atoms with Crippen molar-refractivity contribution < 1.29 is 4.74 Å². The first kappa shape index (κ1) is 13.9. The van der Waals surface area contributed by atoms with Gasteiger partial charge in [-0.1, -0.05) is 35.4 Å². The zero-order chi connectivity index (χ0) is 14.3. The minimum Gasteiger partial charge on any atom is -0.485 e. The van der Waals surface area contributed by atoms with Crippen molar-refractivity contribution in [3.63, 3.8) is 0 Å². The van der Waals surface area contributed by atoms with E-state index in [1.54, 1.807) is 0 Å². The maximum absolute atomic E-state index is 6.29. The predicted octanol–water partition coefficient (Wildman–Crippen LogP) is 4.93. The topological polar surface area (TPSA) is 35.2 Å². The minimum absolute atomic E-state index is 0.00827. The minimum atomic E-state index is -0.0502. The average molecular weight is 353 g/mol. The Bertz CT molecular complexity index is 659. The molecule has 2 aromatic rings. The SMILES string of the molecule is Cc1ccc2c(c1)C(N)CC(c1ccc(Br)c(Cl)c1)O2. The largest absolute Gasteiger partial charge is 0.485 e. The van der Waals surface area contributed by atoms with Gasteiger partial charge in [0.15, 0.2) is 0 Å². The summed E-state index contributed by atoms with van der Waals surface area (Å²) in [5.41, 5.74) is 9.63. The maximum Gasteiger partial charge on any atom is 0.126 e. The molecule has 0 spiro atoms. The Morgan fingerprint density at radius 2 is 2.05 bits per heavy atom. The fourth-order valence-corrected chi connectivity index (χ4v) is 2.98. The van der Waals surface area contributed by atoms with E-state index in [9.17, 15) is 0 Å². The van der Waals surface area contributed by atoms with Gasteiger partial charge in [0.2, 0.25) is 0 Å². The second kappa shape index (κ2) is 5.40. The Morgan fingerprint density at radius 1 is 1.25 bits per heavy atom. The number of benzene rings is 2. The van der Waals surface area contributed by atoms with Gasteiger partial charge in [-0.25, -0.2) is 0 Å². The molecular weight excluding hydrogens is 338 g/mol. The molecule has 2 unspecified atom stereocenters. The van der Waals surface area contributed by atoms with E-state index in [0.717, 1.165) is 27.8 Å². The molecule has 2 N–H and O–H groups in total. The number of nitrogens with two attached hydrogens (primary N) is 1. The lowest BCUT2D eigenvalue weighted by Gasteiger charge is -2.31. The maximum atomic E-state index is 6.29. The van der Waals surface area contributed by atoms with Crippen LogP contribution in [0.3, 0.4) is 0 Å². The molecule has 2 aromatic carbocycles. The van der Waals surface area contributed by atoms with E-state index < -0.39 is 0 Å². The molecule has 0 aliphatic carbocycles. The molecule has 1 aliphatic rings. The molecule has 20 heavy (non-hydrogen) atoms. The summed E-state index contributed by atoms with van der Waals surface area (Å²) in [7, 11) is 0. The lowest BCUT2D eigenvalue weighted by Crippen LogP contribution is -2.24. The zero-order valence-corrected chi connectivity index (χ0v) is 13.4. The van der Waals surface area contributed by atoms with Gasteiger partial charge < -0.3 is 10.5 Å². The van der Waals surface area contributed by atoms with E-state index in [4.69, 9.17) is 22.1 Å². The van der Waals surface area contributed by atoms with Crippen molar-refractivity contribution in [1.82, 2.24) is 0 Å². The van der Waals surface area contributed by atoms with Crippen molar-refractivity contribution in [1.29, 1.82) is 0 Å². The van der Waals surface area contributed by atoms with E-state index >= 15 is 0 Å². The third-order valence-electron chi connectivity index (χ3n) is 3.62. The highest BCUT2D eigenvalue weighted by Gasteiger charge is 2.27. The molecule has 104 valence electrons. The van der Waals surface area contributed by atoms with Crippen molar-refractivity contribution in [2.24, 2.45) is 5.73 Å². The highest BCUT2D eigenvalue weighted by molar-refractivity contribution is 9.10. The average Bonchev–Trinajstić information content (AvgIpc) is 2.42. The molecule has 1 heterocycles. The van der Waals surface area contributed by atoms with E-state index in [1.807, 2.05) is 30.3 Å². The van der Waals surface area contributed by atoms with Crippen LogP contribution in [0.15, 0.2) is 40.9 Å². The smallest absolute Gasteiger partial charge is 0.126 e. The Labute approximate surface area is 132 Å². The van der Waals surface area contributed by atoms with Crippen molar-refractivity contribution >= 4 is 27.5 Å². The van der Waals surface area contributed by atoms with E-state index in [1.165, 1.54) is 5.56 Å². The summed E-state index contributed by atoms with van der Waals surface area (Å²) in [6, 6.07) is 12.0. The van der Waals surface area contributed by atoms with Crippen LogP contribution in [0.2, 0.25) is 5.02 Å². The van der Waals surface area contributed by atoms with Gasteiger partial charge in [0, 0.05) is 22.5 Å². The monoisotopic (exact) mass is 351 g/mol. The van der Waals surface area contributed by atoms with Crippen LogP contribution < -0.4 is 10.5 Å². The van der Waals surface area contributed by atoms with Crippen LogP contribution in [-0.2, 0) is 0 Å². The van der Waals surface area contributed by atoms with Gasteiger partial charge in [-0.05, 0) is 46.6 Å². The van der Waals surface area contributed by atoms with Crippen molar-refractivity contribution in [2.45, 2.75) is 25.5 Å². The first-order chi connectivity index (χ1) is 9.54. The van der Waals surface area contributed by atoms with E-state index in [-0.39, 0.29) is 12.1 Å². The van der Waals surface area contributed by atoms with Gasteiger partial charge in [-0.2, -0.15) is 0 Å². The molecule has 0 radical (unpaired) electrons. The summed E-state index contributed by atoms with van der Waals surface area (Å²) in [4.78, 5) is 0. The Hall–Kier alpha value is -1.03. The number of halogens is 2. The molecule has 1 aliphatic heterocycles. The van der Waals surface area contributed by atoms with Gasteiger partial charge >= 0.3 is 0 Å². The van der Waals surface area contributed by atoms with Crippen LogP contribution in [0.25, 0.3) is 0 Å². The molecule has 4 heteroatoms. The van der Waals surface area contributed by atoms with Crippen LogP contribution in [0, 0.1) is 6.92 Å². The van der Waals surface area contributed by atoms with E-state index in [0.29, 0.717) is 5.02 Å². The highest BCUT2D eigenvalue weighted by Crippen LogP contribution is 2.40. The predicted molar refractivity (Wildman–Crippen MR) is 85.2 cm³/mol. The second-order valence-corrected chi connectivity index (χ2v) is 6.43. The summed E-state index contributed by atoms with van der Waals surface area (Å²) in [6.45, 7) is 2.06. The van der Waals surface area contributed by atoms with Crippen molar-refractivity contribution in [3.05, 3.63) is 62.6 Å². The first-order valence-electron chi connectivity index (χ1n) is 6.52. The summed E-state index contributed by atoms with van der Waals surface area (Å²) in [5.74, 6) is 0.874. The number of hydrogen-bond donors (Lipinski definition) is 1. The van der Waals surface area contributed by atoms with Crippen LogP contribution in [0.1, 0.15) is 35.3 Å². The van der Waals surface area contributed by atoms with Gasteiger partial charge in [0.25, 0.3) is 0 Å². The van der Waals surface area contributed by atoms with Gasteiger partial charge in [0.1, 0.15) is 11.9 Å². The molecule has 3 rings (SSSR count). The molecule has 0 amide bonds. The fourth-order valence-electron chi connectivity index (χ4n) is 2.54. The summed E-state index contributed by atoms with van der Waals surface area (Å²) < 4.78 is 6.97. The number of fused-ring (bicyclic) bond motifs is 1. The summed E-state index contributed by atoms with van der Waals surface area (Å²) in [5, 5.41) is 0.689. The molecule has 0 saturated carbocycles. The normalized spacial score (nSPS) is 21.2. The number of ether oxygens (including phenoxy) is 1. The van der Waals surface area contributed by atoms with Crippen LogP contribution in [0.5, 0.6) is 5.75 Å². The van der Waals surface area contributed by atoms with Crippen molar-refractivity contribution in [2.75, 3.05) is 0 Å². The van der Waals surface area contributed by atoms with Gasteiger partial charge in [-0.3, -0.25) is 0 Å². The molecule has 0 aromatic heterocycles. The molecule has 0 fully saturated rings. The van der Waals surface area contributed by atoms with Crippen LogP contribution in [-0.4, -0.2) is 0 Å². The number of aryl methyl sites for hydroxylation is 1. The Kier molecular flexibility index (Phi) is 3.76. The molecule has 2 nitrogen and oxygen atoms in total. The number of hydrogen-bond acceptors (Lipinski definition) is 2. The van der Waals surface area contributed by atoms with Crippen LogP contribution in [0.4, 0.5) is 0 Å². The van der Waals surface area contributed by atoms with Crippen molar-refractivity contribution in [3.8, 4) is 5.75 Å². The van der Waals surface area contributed by atoms with Crippen LogP contribution >= 0.6 is 27.5 Å². The zero-order valence-electron chi connectivity index (χ0n) is 11.1. The first-order valence-corrected chi connectivity index (χ1v) is 7.69. The van der Waals surface area contributed by atoms with Gasteiger partial charge in [-0.15, -0.1) is 0 Å². The molecular formula is C16H15BrClNO. The quantitative estimate of drug-likeness (QED) is 0.789. The highest BCUT2D eigenvalue weighted by atomic mass is 79.9. The molecule has 0 bridgehead atoms. The third-order valence-corrected chi connectivity index (χ3v) is 4.85. The number of rotatable bonds is 1. The lowest BCUT2D eigenvalue weighted by molar-refractivity contribution is 0.161. The Balaban J connectivity index is 1.94. The molecule has 0 saturated heterocycles.